The molecule has 20 heavy (non-hydrogen) atoms. The van der Waals surface area contributed by atoms with Crippen LogP contribution in [0, 0.1) is 0 Å². The van der Waals surface area contributed by atoms with Crippen LogP contribution in [0.15, 0.2) is 63.6 Å². The fourth-order valence-electron chi connectivity index (χ4n) is 1.51. The molecular weight excluding hydrogens is 428 g/mol. The van der Waals surface area contributed by atoms with E-state index in [1.807, 2.05) is 0 Å². The maximum Gasteiger partial charge on any atom is 0.0800 e. The summed E-state index contributed by atoms with van der Waals surface area (Å²) in [5.41, 5.74) is 0.924. The van der Waals surface area contributed by atoms with E-state index in [2.05, 4.69) is 0 Å². The third-order valence-corrected chi connectivity index (χ3v) is 6.18. The molecule has 0 spiro atoms. The zero-order valence-electron chi connectivity index (χ0n) is 9.18. The second-order valence-corrected chi connectivity index (χ2v) is 6.70. The Kier molecular flexibility index (Phi) is 5.55. The highest BCUT2D eigenvalue weighted by atomic mass is 35.5. The average molecular weight is 430 g/mol. The van der Waals surface area contributed by atoms with Gasteiger partial charge in [0.15, 0.2) is 0 Å². The Labute approximate surface area is 155 Å². The van der Waals surface area contributed by atoms with E-state index in [9.17, 15) is 0 Å². The maximum absolute atomic E-state index is 6.03. The first-order valence-corrected chi connectivity index (χ1v) is 7.95. The molecule has 0 aromatic heterocycles. The van der Waals surface area contributed by atoms with Gasteiger partial charge < -0.3 is 0 Å². The van der Waals surface area contributed by atoms with Crippen LogP contribution in [0.2, 0.25) is 0 Å². The largest absolute Gasteiger partial charge is 0.0819 e. The molecule has 0 heterocycles. The van der Waals surface area contributed by atoms with Gasteiger partial charge in [-0.05, 0) is 0 Å². The van der Waals surface area contributed by atoms with Gasteiger partial charge in [0.2, 0.25) is 0 Å². The van der Waals surface area contributed by atoms with Crippen LogP contribution in [0.25, 0.3) is 0 Å². The molecule has 0 radical (unpaired) electrons. The lowest BCUT2D eigenvalue weighted by Gasteiger charge is -2.00. The van der Waals surface area contributed by atoms with Crippen molar-refractivity contribution in [2.75, 3.05) is 0 Å². The Hall–Kier alpha value is 0.760. The Morgan fingerprint density at radius 1 is 0.350 bits per heavy atom. The summed E-state index contributed by atoms with van der Waals surface area (Å²) < 4.78 is 0. The molecule has 0 saturated carbocycles. The van der Waals surface area contributed by atoms with Crippen LogP contribution in [-0.2, 0) is 0 Å². The molecule has 0 nitrogen and oxygen atoms in total. The second-order valence-electron chi connectivity index (χ2n) is 3.67. The summed E-state index contributed by atoms with van der Waals surface area (Å²) in [6.45, 7) is 0. The van der Waals surface area contributed by atoms with Crippen LogP contribution in [-0.4, -0.2) is 0 Å². The van der Waals surface area contributed by atoms with Gasteiger partial charge in [0.25, 0.3) is 0 Å². The van der Waals surface area contributed by atoms with Crippen molar-refractivity contribution in [3.05, 3.63) is 63.6 Å². The second kappa shape index (κ2) is 6.48. The third-order valence-electron chi connectivity index (χ3n) is 2.52. The molecular formula is C12H2Cl8. The highest BCUT2D eigenvalue weighted by molar-refractivity contribution is 6.56. The van der Waals surface area contributed by atoms with Gasteiger partial charge in [-0.15, -0.1) is 0 Å². The fraction of sp³-hybridized carbons (Fsp3) is 0. The number of rotatable bonds is 1. The molecule has 106 valence electrons. The minimum absolute atomic E-state index is 0.189. The zero-order valence-corrected chi connectivity index (χ0v) is 15.2. The molecule has 2 aliphatic rings. The number of allylic oxidation sites excluding steroid dienone is 12. The van der Waals surface area contributed by atoms with Gasteiger partial charge in [-0.2, -0.15) is 0 Å². The topological polar surface area (TPSA) is 0 Å². The molecule has 2 rings (SSSR count). The fourth-order valence-corrected chi connectivity index (χ4v) is 3.59. The Bertz CT molecular complexity index is 572. The molecule has 0 bridgehead atoms. The number of hydrogen-bond acceptors (Lipinski definition) is 0. The lowest BCUT2D eigenvalue weighted by Crippen LogP contribution is -1.81. The van der Waals surface area contributed by atoms with Crippen LogP contribution in [0.3, 0.4) is 0 Å². The molecule has 0 aliphatic heterocycles. The van der Waals surface area contributed by atoms with Gasteiger partial charge in [0, 0.05) is 11.1 Å². The zero-order chi connectivity index (χ0) is 15.2. The first-order valence-electron chi connectivity index (χ1n) is 4.92. The summed E-state index contributed by atoms with van der Waals surface area (Å²) in [5, 5.41) is 1.73. The van der Waals surface area contributed by atoms with Crippen molar-refractivity contribution in [2.24, 2.45) is 0 Å². The summed E-state index contributed by atoms with van der Waals surface area (Å²) in [7, 11) is 0. The van der Waals surface area contributed by atoms with Crippen molar-refractivity contribution >= 4 is 92.8 Å². The minimum Gasteiger partial charge on any atom is -0.0819 e. The molecule has 0 fully saturated rings. The average Bonchev–Trinajstić information content (AvgIpc) is 2.72. The number of hydrogen-bond donors (Lipinski definition) is 0. The molecule has 0 saturated heterocycles. The van der Waals surface area contributed by atoms with E-state index in [-0.39, 0.29) is 40.3 Å². The van der Waals surface area contributed by atoms with Gasteiger partial charge in [-0.1, -0.05) is 105 Å². The predicted molar refractivity (Wildman–Crippen MR) is 91.1 cm³/mol. The molecule has 0 unspecified atom stereocenters. The summed E-state index contributed by atoms with van der Waals surface area (Å²) in [4.78, 5) is 0. The van der Waals surface area contributed by atoms with E-state index in [0.717, 1.165) is 0 Å². The van der Waals surface area contributed by atoms with Crippen molar-refractivity contribution in [2.45, 2.75) is 0 Å². The van der Waals surface area contributed by atoms with Crippen molar-refractivity contribution in [1.82, 2.24) is 0 Å². The monoisotopic (exact) mass is 426 g/mol. The summed E-state index contributed by atoms with van der Waals surface area (Å²) in [6, 6.07) is 0. The quantitative estimate of drug-likeness (QED) is 0.402. The van der Waals surface area contributed by atoms with Crippen LogP contribution in [0.4, 0.5) is 0 Å². The standard InChI is InChI=1S/C12H2Cl8/c13-5-3(6(14)10(18)9(5)17)1-2-4-7(15)11(19)12(20)8(4)16/h1-2H. The number of halogens is 8. The lowest BCUT2D eigenvalue weighted by atomic mass is 10.2. The van der Waals surface area contributed by atoms with Gasteiger partial charge in [-0.3, -0.25) is 0 Å². The Balaban J connectivity index is 2.49. The van der Waals surface area contributed by atoms with E-state index in [1.54, 1.807) is 12.2 Å². The predicted octanol–water partition coefficient (Wildman–Crippen LogP) is 7.62. The first-order chi connectivity index (χ1) is 9.27. The summed E-state index contributed by atoms with van der Waals surface area (Å²) in [6.07, 6.45) is 3.17. The van der Waals surface area contributed by atoms with Gasteiger partial charge in [0.05, 0.1) is 40.3 Å². The van der Waals surface area contributed by atoms with Gasteiger partial charge in [-0.25, -0.2) is 0 Å². The Morgan fingerprint density at radius 3 is 0.750 bits per heavy atom. The van der Waals surface area contributed by atoms with Crippen molar-refractivity contribution in [1.29, 1.82) is 0 Å². The van der Waals surface area contributed by atoms with Crippen LogP contribution in [0.1, 0.15) is 0 Å². The summed E-state index contributed by atoms with van der Waals surface area (Å²) >= 11 is 47.7. The van der Waals surface area contributed by atoms with E-state index >= 15 is 0 Å². The molecule has 2 aliphatic carbocycles. The van der Waals surface area contributed by atoms with Gasteiger partial charge >= 0.3 is 0 Å². The van der Waals surface area contributed by atoms with Crippen LogP contribution >= 0.6 is 92.8 Å². The van der Waals surface area contributed by atoms with E-state index in [4.69, 9.17) is 92.8 Å². The molecule has 0 aromatic carbocycles. The van der Waals surface area contributed by atoms with Crippen molar-refractivity contribution in [3.63, 3.8) is 0 Å². The molecule has 8 heteroatoms. The van der Waals surface area contributed by atoms with Gasteiger partial charge in [0.1, 0.15) is 0 Å². The molecule has 0 atom stereocenters. The smallest absolute Gasteiger partial charge is 0.0800 e. The van der Waals surface area contributed by atoms with Crippen molar-refractivity contribution < 1.29 is 0 Å². The molecule has 0 aromatic rings. The molecule has 0 N–H and O–H groups in total. The minimum atomic E-state index is 0.189. The summed E-state index contributed by atoms with van der Waals surface area (Å²) in [5.74, 6) is 0. The highest BCUT2D eigenvalue weighted by Crippen LogP contribution is 2.47. The Morgan fingerprint density at radius 2 is 0.550 bits per heavy atom. The lowest BCUT2D eigenvalue weighted by molar-refractivity contribution is 1.61. The SMILES string of the molecule is ClC1=C(Cl)C(Cl)=C(Cl)C1=CC=C1C(Cl)=C(Cl)C(Cl)=C1Cl. The van der Waals surface area contributed by atoms with Crippen molar-refractivity contribution in [3.8, 4) is 0 Å². The van der Waals surface area contributed by atoms with E-state index < -0.39 is 0 Å². The third kappa shape index (κ3) is 2.83. The maximum atomic E-state index is 6.03. The van der Waals surface area contributed by atoms with E-state index in [1.165, 1.54) is 0 Å². The first kappa shape index (κ1) is 17.1. The van der Waals surface area contributed by atoms with E-state index in [0.29, 0.717) is 11.1 Å². The molecule has 0 amide bonds. The van der Waals surface area contributed by atoms with Crippen LogP contribution < -0.4 is 0 Å². The highest BCUT2D eigenvalue weighted by Gasteiger charge is 2.27. The normalized spacial score (nSPS) is 20.0. The van der Waals surface area contributed by atoms with Crippen LogP contribution in [0.5, 0.6) is 0 Å².